The van der Waals surface area contributed by atoms with Gasteiger partial charge < -0.3 is 14.8 Å². The minimum atomic E-state index is -0.465. The first-order valence-electron chi connectivity index (χ1n) is 8.92. The molecule has 8 nitrogen and oxygen atoms in total. The maximum absolute atomic E-state index is 12.4. The van der Waals surface area contributed by atoms with E-state index in [9.17, 15) is 14.4 Å². The summed E-state index contributed by atoms with van der Waals surface area (Å²) in [7, 11) is 0. The highest BCUT2D eigenvalue weighted by molar-refractivity contribution is 5.94. The van der Waals surface area contributed by atoms with E-state index in [1.165, 1.54) is 13.8 Å². The first-order valence-corrected chi connectivity index (χ1v) is 8.92. The van der Waals surface area contributed by atoms with Crippen LogP contribution in [0.2, 0.25) is 0 Å². The van der Waals surface area contributed by atoms with Crippen molar-refractivity contribution in [2.75, 3.05) is 18.1 Å². The summed E-state index contributed by atoms with van der Waals surface area (Å²) in [4.78, 5) is 40.6. The second-order valence-corrected chi connectivity index (χ2v) is 6.78. The summed E-state index contributed by atoms with van der Waals surface area (Å²) in [5, 5.41) is 2.68. The molecule has 1 aromatic heterocycles. The number of benzene rings is 1. The predicted octanol–water partition coefficient (Wildman–Crippen LogP) is 2.17. The van der Waals surface area contributed by atoms with Gasteiger partial charge in [0.2, 0.25) is 5.91 Å². The zero-order chi connectivity index (χ0) is 19.8. The van der Waals surface area contributed by atoms with Crippen molar-refractivity contribution in [3.63, 3.8) is 0 Å². The van der Waals surface area contributed by atoms with E-state index in [-0.39, 0.29) is 30.9 Å². The second kappa shape index (κ2) is 6.95. The van der Waals surface area contributed by atoms with Crippen molar-refractivity contribution in [1.82, 2.24) is 10.3 Å². The van der Waals surface area contributed by atoms with Crippen LogP contribution in [0.15, 0.2) is 36.5 Å². The average molecular weight is 381 g/mol. The Hall–Kier alpha value is -3.42. The van der Waals surface area contributed by atoms with Gasteiger partial charge in [-0.05, 0) is 23.8 Å². The molecule has 0 radical (unpaired) electrons. The monoisotopic (exact) mass is 381 g/mol. The van der Waals surface area contributed by atoms with Crippen LogP contribution >= 0.6 is 0 Å². The standard InChI is InChI=1S/C20H19N3O5/c1-11(24)15-5-3-14(8-22-15)13-4-6-16-18(7-13)27-10-17-19(9-21-12(2)25)28-20(26)23(16)17/h3-8,17,19H,9-10H2,1-2H3,(H,21,25)/t17-,19-/m0/s1. The number of carbonyl (C=O) groups is 3. The molecule has 2 atom stereocenters. The highest BCUT2D eigenvalue weighted by Crippen LogP contribution is 2.40. The number of hydrogen-bond donors (Lipinski definition) is 1. The Morgan fingerprint density at radius 2 is 2.00 bits per heavy atom. The summed E-state index contributed by atoms with van der Waals surface area (Å²) in [5.41, 5.74) is 2.74. The van der Waals surface area contributed by atoms with Crippen LogP contribution in [-0.4, -0.2) is 48.1 Å². The van der Waals surface area contributed by atoms with E-state index in [4.69, 9.17) is 9.47 Å². The number of pyridine rings is 1. The van der Waals surface area contributed by atoms with Crippen LogP contribution in [0, 0.1) is 0 Å². The lowest BCUT2D eigenvalue weighted by molar-refractivity contribution is -0.119. The minimum Gasteiger partial charge on any atom is -0.489 e. The van der Waals surface area contributed by atoms with Gasteiger partial charge in [0.15, 0.2) is 5.78 Å². The van der Waals surface area contributed by atoms with E-state index in [2.05, 4.69) is 10.3 Å². The first-order chi connectivity index (χ1) is 13.4. The molecule has 1 fully saturated rings. The normalized spacial score (nSPS) is 19.9. The molecule has 0 spiro atoms. The van der Waals surface area contributed by atoms with Gasteiger partial charge in [0.1, 0.15) is 30.2 Å². The molecule has 2 aromatic rings. The number of carbonyl (C=O) groups excluding carboxylic acids is 3. The van der Waals surface area contributed by atoms with Crippen LogP contribution in [0.1, 0.15) is 24.3 Å². The molecule has 1 saturated heterocycles. The lowest BCUT2D eigenvalue weighted by atomic mass is 10.0. The molecule has 1 aromatic carbocycles. The molecule has 0 saturated carbocycles. The number of cyclic esters (lactones) is 1. The van der Waals surface area contributed by atoms with Crippen LogP contribution in [0.4, 0.5) is 10.5 Å². The Morgan fingerprint density at radius 3 is 2.68 bits per heavy atom. The zero-order valence-corrected chi connectivity index (χ0v) is 15.5. The number of fused-ring (bicyclic) bond motifs is 3. The quantitative estimate of drug-likeness (QED) is 0.815. The number of nitrogens with one attached hydrogen (secondary N) is 1. The maximum atomic E-state index is 12.4. The number of ketones is 1. The SMILES string of the molecule is CC(=O)NC[C@@H]1OC(=O)N2c3ccc(-c4ccc(C(C)=O)nc4)cc3OC[C@@H]12. The summed E-state index contributed by atoms with van der Waals surface area (Å²) < 4.78 is 11.3. The molecule has 8 heteroatoms. The lowest BCUT2D eigenvalue weighted by Crippen LogP contribution is -2.47. The van der Waals surface area contributed by atoms with Gasteiger partial charge >= 0.3 is 6.09 Å². The number of rotatable bonds is 4. The van der Waals surface area contributed by atoms with Gasteiger partial charge in [-0.3, -0.25) is 19.5 Å². The Bertz CT molecular complexity index is 957. The number of ether oxygens (including phenoxy) is 2. The smallest absolute Gasteiger partial charge is 0.415 e. The van der Waals surface area contributed by atoms with Gasteiger partial charge in [-0.15, -0.1) is 0 Å². The molecule has 1 N–H and O–H groups in total. The highest BCUT2D eigenvalue weighted by Gasteiger charge is 2.46. The summed E-state index contributed by atoms with van der Waals surface area (Å²) in [6.45, 7) is 3.40. The molecule has 0 bridgehead atoms. The fraction of sp³-hybridized carbons (Fsp3) is 0.300. The molecule has 2 aliphatic heterocycles. The number of nitrogens with zero attached hydrogens (tertiary/aromatic N) is 2. The van der Waals surface area contributed by atoms with Crippen molar-refractivity contribution < 1.29 is 23.9 Å². The van der Waals surface area contributed by atoms with E-state index in [0.717, 1.165) is 11.1 Å². The highest BCUT2D eigenvalue weighted by atomic mass is 16.6. The third kappa shape index (κ3) is 3.17. The molecular formula is C20H19N3O5. The fourth-order valence-electron chi connectivity index (χ4n) is 3.40. The van der Waals surface area contributed by atoms with Crippen LogP contribution in [0.3, 0.4) is 0 Å². The van der Waals surface area contributed by atoms with Crippen LogP contribution in [-0.2, 0) is 9.53 Å². The number of Topliss-reactive ketones (excluding diaryl/α,β-unsaturated/α-hetero) is 1. The number of hydrogen-bond acceptors (Lipinski definition) is 6. The number of aromatic nitrogens is 1. The van der Waals surface area contributed by atoms with Crippen molar-refractivity contribution in [2.24, 2.45) is 0 Å². The Kier molecular flexibility index (Phi) is 4.46. The third-order valence-electron chi connectivity index (χ3n) is 4.85. The predicted molar refractivity (Wildman–Crippen MR) is 100 cm³/mol. The average Bonchev–Trinajstić information content (AvgIpc) is 3.02. The van der Waals surface area contributed by atoms with Crippen molar-refractivity contribution >= 4 is 23.5 Å². The Balaban J connectivity index is 1.59. The first kappa shape index (κ1) is 18.0. The molecule has 0 unspecified atom stereocenters. The lowest BCUT2D eigenvalue weighted by Gasteiger charge is -2.31. The van der Waals surface area contributed by atoms with E-state index in [1.807, 2.05) is 18.2 Å². The van der Waals surface area contributed by atoms with Gasteiger partial charge in [-0.2, -0.15) is 0 Å². The van der Waals surface area contributed by atoms with Gasteiger partial charge in [0, 0.05) is 25.6 Å². The van der Waals surface area contributed by atoms with Crippen LogP contribution in [0.25, 0.3) is 11.1 Å². The Labute approximate surface area is 161 Å². The van der Waals surface area contributed by atoms with Gasteiger partial charge in [0.05, 0.1) is 12.2 Å². The summed E-state index contributed by atoms with van der Waals surface area (Å²) in [6.07, 6.45) is 0.718. The Morgan fingerprint density at radius 1 is 1.21 bits per heavy atom. The van der Waals surface area contributed by atoms with Crippen LogP contribution < -0.4 is 15.0 Å². The number of amides is 2. The summed E-state index contributed by atoms with van der Waals surface area (Å²) in [5.74, 6) is 0.301. The zero-order valence-electron chi connectivity index (χ0n) is 15.5. The third-order valence-corrected chi connectivity index (χ3v) is 4.85. The van der Waals surface area contributed by atoms with Crippen molar-refractivity contribution in [3.8, 4) is 16.9 Å². The fourth-order valence-corrected chi connectivity index (χ4v) is 3.40. The second-order valence-electron chi connectivity index (χ2n) is 6.78. The topological polar surface area (TPSA) is 97.8 Å². The van der Waals surface area contributed by atoms with Gasteiger partial charge in [0.25, 0.3) is 0 Å². The van der Waals surface area contributed by atoms with Crippen molar-refractivity contribution in [1.29, 1.82) is 0 Å². The molecule has 0 aliphatic carbocycles. The molecule has 4 rings (SSSR count). The van der Waals surface area contributed by atoms with E-state index in [0.29, 0.717) is 17.1 Å². The van der Waals surface area contributed by atoms with E-state index in [1.54, 1.807) is 23.2 Å². The molecule has 144 valence electrons. The molecule has 2 amide bonds. The summed E-state index contributed by atoms with van der Waals surface area (Å²) in [6, 6.07) is 8.71. The summed E-state index contributed by atoms with van der Waals surface area (Å²) >= 11 is 0. The van der Waals surface area contributed by atoms with Gasteiger partial charge in [-0.1, -0.05) is 12.1 Å². The largest absolute Gasteiger partial charge is 0.489 e. The molecule has 2 aliphatic rings. The maximum Gasteiger partial charge on any atom is 0.415 e. The van der Waals surface area contributed by atoms with E-state index < -0.39 is 12.2 Å². The van der Waals surface area contributed by atoms with Crippen molar-refractivity contribution in [2.45, 2.75) is 26.0 Å². The minimum absolute atomic E-state index is 0.0901. The van der Waals surface area contributed by atoms with Crippen LogP contribution in [0.5, 0.6) is 5.75 Å². The molecular weight excluding hydrogens is 362 g/mol. The van der Waals surface area contributed by atoms with E-state index >= 15 is 0 Å². The molecule has 28 heavy (non-hydrogen) atoms. The van der Waals surface area contributed by atoms with Crippen molar-refractivity contribution in [3.05, 3.63) is 42.2 Å². The molecule has 3 heterocycles. The number of anilines is 1. The van der Waals surface area contributed by atoms with Gasteiger partial charge in [-0.25, -0.2) is 4.79 Å².